The van der Waals surface area contributed by atoms with Crippen LogP contribution in [0.4, 0.5) is 4.79 Å². The van der Waals surface area contributed by atoms with Crippen molar-refractivity contribution in [3.63, 3.8) is 0 Å². The lowest BCUT2D eigenvalue weighted by atomic mass is 10.1. The largest absolute Gasteiger partial charge is 0.444 e. The standard InChI is InChI=1S/C13H26N2O2/c1-10(6-7-13(14)8-9-13)15(5)11(16)17-12(2,3)4/h10H,6-9,14H2,1-5H3. The Bertz CT molecular complexity index is 280. The topological polar surface area (TPSA) is 55.6 Å². The molecule has 1 saturated carbocycles. The zero-order chi connectivity index (χ0) is 13.3. The summed E-state index contributed by atoms with van der Waals surface area (Å²) in [6.45, 7) is 7.67. The highest BCUT2D eigenvalue weighted by atomic mass is 16.6. The van der Waals surface area contributed by atoms with Crippen LogP contribution in [-0.2, 0) is 4.74 Å². The van der Waals surface area contributed by atoms with Gasteiger partial charge in [0.15, 0.2) is 0 Å². The second-order valence-corrected chi connectivity index (χ2v) is 6.34. The van der Waals surface area contributed by atoms with Crippen LogP contribution < -0.4 is 5.73 Å². The van der Waals surface area contributed by atoms with E-state index >= 15 is 0 Å². The van der Waals surface area contributed by atoms with Crippen LogP contribution in [0.15, 0.2) is 0 Å². The Kier molecular flexibility index (Phi) is 4.07. The van der Waals surface area contributed by atoms with Crippen molar-refractivity contribution < 1.29 is 9.53 Å². The van der Waals surface area contributed by atoms with Crippen LogP contribution in [0, 0.1) is 0 Å². The third-order valence-electron chi connectivity index (χ3n) is 3.29. The van der Waals surface area contributed by atoms with Crippen LogP contribution >= 0.6 is 0 Å². The molecule has 1 unspecified atom stereocenters. The number of carbonyl (C=O) groups is 1. The second kappa shape index (κ2) is 4.84. The zero-order valence-electron chi connectivity index (χ0n) is 11.7. The maximum atomic E-state index is 11.8. The number of rotatable bonds is 4. The van der Waals surface area contributed by atoms with E-state index in [1.165, 1.54) is 0 Å². The molecular weight excluding hydrogens is 216 g/mol. The Labute approximate surface area is 104 Å². The molecule has 0 saturated heterocycles. The SMILES string of the molecule is CC(CCC1(N)CC1)N(C)C(=O)OC(C)(C)C. The molecule has 0 aromatic rings. The molecule has 4 nitrogen and oxygen atoms in total. The van der Waals surface area contributed by atoms with E-state index in [4.69, 9.17) is 10.5 Å². The van der Waals surface area contributed by atoms with Crippen LogP contribution in [-0.4, -0.2) is 35.2 Å². The molecule has 0 radical (unpaired) electrons. The first kappa shape index (κ1) is 14.3. The van der Waals surface area contributed by atoms with Gasteiger partial charge in [0.1, 0.15) is 5.60 Å². The van der Waals surface area contributed by atoms with Crippen LogP contribution in [0.2, 0.25) is 0 Å². The fourth-order valence-electron chi connectivity index (χ4n) is 1.61. The monoisotopic (exact) mass is 242 g/mol. The highest BCUT2D eigenvalue weighted by Gasteiger charge is 2.38. The van der Waals surface area contributed by atoms with Crippen molar-refractivity contribution in [2.75, 3.05) is 7.05 Å². The van der Waals surface area contributed by atoms with Crippen LogP contribution in [0.1, 0.15) is 53.4 Å². The van der Waals surface area contributed by atoms with Crippen molar-refractivity contribution in [2.24, 2.45) is 5.73 Å². The van der Waals surface area contributed by atoms with Gasteiger partial charge in [0, 0.05) is 18.6 Å². The van der Waals surface area contributed by atoms with Gasteiger partial charge in [0.2, 0.25) is 0 Å². The van der Waals surface area contributed by atoms with E-state index in [1.807, 2.05) is 27.7 Å². The lowest BCUT2D eigenvalue weighted by Crippen LogP contribution is -2.40. The van der Waals surface area contributed by atoms with Gasteiger partial charge in [0.25, 0.3) is 0 Å². The molecule has 2 N–H and O–H groups in total. The first-order valence-electron chi connectivity index (χ1n) is 6.38. The second-order valence-electron chi connectivity index (χ2n) is 6.34. The molecule has 100 valence electrons. The highest BCUT2D eigenvalue weighted by Crippen LogP contribution is 2.37. The van der Waals surface area contributed by atoms with Crippen LogP contribution in [0.3, 0.4) is 0 Å². The highest BCUT2D eigenvalue weighted by molar-refractivity contribution is 5.68. The average molecular weight is 242 g/mol. The van der Waals surface area contributed by atoms with Crippen molar-refractivity contribution in [3.05, 3.63) is 0 Å². The molecule has 0 bridgehead atoms. The molecule has 0 heterocycles. The van der Waals surface area contributed by atoms with Gasteiger partial charge >= 0.3 is 6.09 Å². The van der Waals surface area contributed by atoms with Gasteiger partial charge in [-0.3, -0.25) is 0 Å². The zero-order valence-corrected chi connectivity index (χ0v) is 11.7. The predicted molar refractivity (Wildman–Crippen MR) is 68.8 cm³/mol. The Balaban J connectivity index is 2.34. The van der Waals surface area contributed by atoms with E-state index in [9.17, 15) is 4.79 Å². The van der Waals surface area contributed by atoms with Crippen molar-refractivity contribution in [2.45, 2.75) is 70.6 Å². The number of ether oxygens (including phenoxy) is 1. The quantitative estimate of drug-likeness (QED) is 0.824. The van der Waals surface area contributed by atoms with E-state index in [-0.39, 0.29) is 17.7 Å². The molecule has 0 aliphatic heterocycles. The number of hydrogen-bond acceptors (Lipinski definition) is 3. The van der Waals surface area contributed by atoms with Gasteiger partial charge < -0.3 is 15.4 Å². The Hall–Kier alpha value is -0.770. The van der Waals surface area contributed by atoms with Crippen LogP contribution in [0.25, 0.3) is 0 Å². The van der Waals surface area contributed by atoms with Gasteiger partial charge in [-0.1, -0.05) is 0 Å². The number of carbonyl (C=O) groups excluding carboxylic acids is 1. The van der Waals surface area contributed by atoms with Crippen molar-refractivity contribution >= 4 is 6.09 Å². The molecule has 1 atom stereocenters. The summed E-state index contributed by atoms with van der Waals surface area (Å²) < 4.78 is 5.32. The number of nitrogens with two attached hydrogens (primary N) is 1. The first-order chi connectivity index (χ1) is 7.63. The molecule has 1 aliphatic carbocycles. The lowest BCUT2D eigenvalue weighted by molar-refractivity contribution is 0.0226. The summed E-state index contributed by atoms with van der Waals surface area (Å²) in [7, 11) is 1.79. The van der Waals surface area contributed by atoms with Gasteiger partial charge in [-0.25, -0.2) is 4.79 Å². The summed E-state index contributed by atoms with van der Waals surface area (Å²) in [6.07, 6.45) is 3.91. The minimum atomic E-state index is -0.434. The normalized spacial score (nSPS) is 19.6. The molecule has 1 amide bonds. The average Bonchev–Trinajstić information content (AvgIpc) is 2.90. The summed E-state index contributed by atoms with van der Waals surface area (Å²) >= 11 is 0. The third kappa shape index (κ3) is 4.94. The maximum Gasteiger partial charge on any atom is 0.410 e. The van der Waals surface area contributed by atoms with E-state index < -0.39 is 5.60 Å². The summed E-state index contributed by atoms with van der Waals surface area (Å²) in [5.74, 6) is 0. The third-order valence-corrected chi connectivity index (χ3v) is 3.29. The summed E-state index contributed by atoms with van der Waals surface area (Å²) in [5.41, 5.74) is 5.66. The molecule has 1 rings (SSSR count). The lowest BCUT2D eigenvalue weighted by Gasteiger charge is -2.29. The van der Waals surface area contributed by atoms with E-state index in [0.717, 1.165) is 25.7 Å². The molecular formula is C13H26N2O2. The molecule has 17 heavy (non-hydrogen) atoms. The van der Waals surface area contributed by atoms with Gasteiger partial charge in [-0.05, 0) is 53.4 Å². The van der Waals surface area contributed by atoms with Gasteiger partial charge in [-0.15, -0.1) is 0 Å². The minimum absolute atomic E-state index is 0.0586. The Morgan fingerprint density at radius 1 is 1.47 bits per heavy atom. The van der Waals surface area contributed by atoms with E-state index in [2.05, 4.69) is 0 Å². The number of nitrogens with zero attached hydrogens (tertiary/aromatic N) is 1. The number of amides is 1. The molecule has 1 fully saturated rings. The molecule has 0 aromatic heterocycles. The Morgan fingerprint density at radius 2 is 2.00 bits per heavy atom. The summed E-state index contributed by atoms with van der Waals surface area (Å²) in [5, 5.41) is 0. The molecule has 4 heteroatoms. The van der Waals surface area contributed by atoms with Gasteiger partial charge in [0.05, 0.1) is 0 Å². The van der Waals surface area contributed by atoms with E-state index in [0.29, 0.717) is 0 Å². The maximum absolute atomic E-state index is 11.8. The van der Waals surface area contributed by atoms with Gasteiger partial charge in [-0.2, -0.15) is 0 Å². The first-order valence-corrected chi connectivity index (χ1v) is 6.38. The van der Waals surface area contributed by atoms with Crippen LogP contribution in [0.5, 0.6) is 0 Å². The summed E-state index contributed by atoms with van der Waals surface area (Å²) in [4.78, 5) is 13.5. The fourth-order valence-corrected chi connectivity index (χ4v) is 1.61. The molecule has 0 spiro atoms. The molecule has 1 aliphatic rings. The Morgan fingerprint density at radius 3 is 2.41 bits per heavy atom. The predicted octanol–water partition coefficient (Wildman–Crippen LogP) is 2.51. The molecule has 0 aromatic carbocycles. The van der Waals surface area contributed by atoms with E-state index in [1.54, 1.807) is 11.9 Å². The number of hydrogen-bond donors (Lipinski definition) is 1. The van der Waals surface area contributed by atoms with Crippen molar-refractivity contribution in [1.29, 1.82) is 0 Å². The summed E-state index contributed by atoms with van der Waals surface area (Å²) in [6, 6.07) is 0.172. The van der Waals surface area contributed by atoms with Crippen molar-refractivity contribution in [3.8, 4) is 0 Å². The smallest absolute Gasteiger partial charge is 0.410 e. The van der Waals surface area contributed by atoms with Crippen molar-refractivity contribution in [1.82, 2.24) is 4.90 Å². The minimum Gasteiger partial charge on any atom is -0.444 e. The fraction of sp³-hybridized carbons (Fsp3) is 0.923.